The molecule has 0 spiro atoms. The van der Waals surface area contributed by atoms with Crippen LogP contribution in [0.3, 0.4) is 0 Å². The lowest BCUT2D eigenvalue weighted by atomic mass is 10.00. The van der Waals surface area contributed by atoms with Gasteiger partial charge in [0, 0.05) is 18.3 Å². The predicted octanol–water partition coefficient (Wildman–Crippen LogP) is 4.17. The van der Waals surface area contributed by atoms with Crippen LogP contribution < -0.4 is 0 Å². The van der Waals surface area contributed by atoms with Crippen LogP contribution in [0.1, 0.15) is 55.5 Å². The van der Waals surface area contributed by atoms with Gasteiger partial charge < -0.3 is 5.11 Å². The van der Waals surface area contributed by atoms with Crippen molar-refractivity contribution in [3.05, 3.63) is 41.6 Å². The van der Waals surface area contributed by atoms with E-state index in [4.69, 9.17) is 0 Å². The van der Waals surface area contributed by atoms with Gasteiger partial charge in [0.2, 0.25) is 0 Å². The smallest absolute Gasteiger partial charge is 0.339 e. The number of aryl methyl sites for hydroxylation is 1. The van der Waals surface area contributed by atoms with Gasteiger partial charge in [0.05, 0.1) is 0 Å². The van der Waals surface area contributed by atoms with Gasteiger partial charge >= 0.3 is 5.97 Å². The summed E-state index contributed by atoms with van der Waals surface area (Å²) in [4.78, 5) is 11.4. The second-order valence-electron chi connectivity index (χ2n) is 5.59. The third kappa shape index (κ3) is 3.51. The Morgan fingerprint density at radius 3 is 2.48 bits per heavy atom. The first kappa shape index (κ1) is 15.3. The number of carbonyl (C=O) groups is 1. The average Bonchev–Trinajstić information content (AvgIpc) is 2.89. The van der Waals surface area contributed by atoms with Crippen LogP contribution in [0.25, 0.3) is 11.3 Å². The molecule has 4 heteroatoms. The van der Waals surface area contributed by atoms with Crippen LogP contribution in [0.5, 0.6) is 0 Å². The van der Waals surface area contributed by atoms with Gasteiger partial charge in [0.1, 0.15) is 11.3 Å². The summed E-state index contributed by atoms with van der Waals surface area (Å²) >= 11 is 0. The maximum atomic E-state index is 11.4. The average molecular weight is 286 g/mol. The fraction of sp³-hybridized carbons (Fsp3) is 0.412. The number of rotatable bonds is 6. The number of benzene rings is 1. The van der Waals surface area contributed by atoms with Gasteiger partial charge in [0.25, 0.3) is 0 Å². The first-order valence-corrected chi connectivity index (χ1v) is 7.44. The van der Waals surface area contributed by atoms with Gasteiger partial charge in [0.15, 0.2) is 0 Å². The van der Waals surface area contributed by atoms with Gasteiger partial charge in [-0.3, -0.25) is 4.68 Å². The molecule has 1 N–H and O–H groups in total. The maximum Gasteiger partial charge on any atom is 0.339 e. The Labute approximate surface area is 125 Å². The van der Waals surface area contributed by atoms with Crippen molar-refractivity contribution >= 4 is 5.97 Å². The maximum absolute atomic E-state index is 11.4. The van der Waals surface area contributed by atoms with Crippen LogP contribution in [0.2, 0.25) is 0 Å². The first-order chi connectivity index (χ1) is 10.0. The zero-order valence-corrected chi connectivity index (χ0v) is 12.8. The number of nitrogens with zero attached hydrogens (tertiary/aromatic N) is 2. The second-order valence-corrected chi connectivity index (χ2v) is 5.59. The molecule has 1 aromatic carbocycles. The van der Waals surface area contributed by atoms with E-state index < -0.39 is 5.97 Å². The number of unbranched alkanes of at least 4 members (excludes halogenated alkanes) is 1. The van der Waals surface area contributed by atoms with Crippen LogP contribution in [-0.4, -0.2) is 20.9 Å². The summed E-state index contributed by atoms with van der Waals surface area (Å²) in [6.45, 7) is 7.13. The van der Waals surface area contributed by atoms with E-state index in [0.717, 1.165) is 24.9 Å². The molecule has 4 nitrogen and oxygen atoms in total. The van der Waals surface area contributed by atoms with Crippen molar-refractivity contribution < 1.29 is 9.90 Å². The lowest BCUT2D eigenvalue weighted by Gasteiger charge is -2.06. The van der Waals surface area contributed by atoms with E-state index in [1.54, 1.807) is 10.9 Å². The molecule has 0 radical (unpaired) electrons. The van der Waals surface area contributed by atoms with Crippen LogP contribution in [0.15, 0.2) is 30.5 Å². The predicted molar refractivity (Wildman–Crippen MR) is 83.6 cm³/mol. The molecule has 2 rings (SSSR count). The lowest BCUT2D eigenvalue weighted by Crippen LogP contribution is -1.98. The van der Waals surface area contributed by atoms with E-state index in [-0.39, 0.29) is 5.56 Å². The number of carboxylic acid groups (broad SMARTS) is 1. The molecule has 0 aliphatic heterocycles. The third-order valence-electron chi connectivity index (χ3n) is 3.58. The van der Waals surface area contributed by atoms with Crippen LogP contribution in [0.4, 0.5) is 0 Å². The van der Waals surface area contributed by atoms with Gasteiger partial charge in [-0.15, -0.1) is 0 Å². The highest BCUT2D eigenvalue weighted by Crippen LogP contribution is 2.24. The third-order valence-corrected chi connectivity index (χ3v) is 3.58. The van der Waals surface area contributed by atoms with Gasteiger partial charge in [-0.25, -0.2) is 4.79 Å². The number of carboxylic acids is 1. The highest BCUT2D eigenvalue weighted by molar-refractivity contribution is 5.94. The van der Waals surface area contributed by atoms with Crippen molar-refractivity contribution in [2.24, 2.45) is 0 Å². The van der Waals surface area contributed by atoms with Crippen LogP contribution in [-0.2, 0) is 6.54 Å². The van der Waals surface area contributed by atoms with Crippen molar-refractivity contribution in [2.75, 3.05) is 0 Å². The number of aromatic nitrogens is 2. The van der Waals surface area contributed by atoms with E-state index in [1.165, 1.54) is 5.56 Å². The van der Waals surface area contributed by atoms with Gasteiger partial charge in [-0.05, 0) is 17.9 Å². The van der Waals surface area contributed by atoms with Crippen LogP contribution in [0, 0.1) is 0 Å². The molecule has 0 bridgehead atoms. The summed E-state index contributed by atoms with van der Waals surface area (Å²) in [5, 5.41) is 13.8. The van der Waals surface area contributed by atoms with Crippen molar-refractivity contribution in [2.45, 2.75) is 46.1 Å². The first-order valence-electron chi connectivity index (χ1n) is 7.44. The topological polar surface area (TPSA) is 55.1 Å². The highest BCUT2D eigenvalue weighted by Gasteiger charge is 2.17. The monoisotopic (exact) mass is 286 g/mol. The molecule has 112 valence electrons. The molecule has 0 aliphatic rings. The van der Waals surface area contributed by atoms with Crippen molar-refractivity contribution in [3.8, 4) is 11.3 Å². The molecule has 1 heterocycles. The summed E-state index contributed by atoms with van der Waals surface area (Å²) in [7, 11) is 0. The van der Waals surface area contributed by atoms with Crippen molar-refractivity contribution in [1.82, 2.24) is 9.78 Å². The zero-order chi connectivity index (χ0) is 15.4. The summed E-state index contributed by atoms with van der Waals surface area (Å²) in [6, 6.07) is 7.98. The number of hydrogen-bond acceptors (Lipinski definition) is 2. The van der Waals surface area contributed by atoms with E-state index >= 15 is 0 Å². The van der Waals surface area contributed by atoms with Crippen molar-refractivity contribution in [3.63, 3.8) is 0 Å². The molecule has 21 heavy (non-hydrogen) atoms. The molecule has 0 aliphatic carbocycles. The molecule has 1 aromatic heterocycles. The molecular formula is C17H22N2O2. The molecule has 0 fully saturated rings. The minimum absolute atomic E-state index is 0.267. The molecular weight excluding hydrogens is 264 g/mol. The molecule has 2 aromatic rings. The van der Waals surface area contributed by atoms with Gasteiger partial charge in [-0.2, -0.15) is 5.10 Å². The van der Waals surface area contributed by atoms with E-state index in [1.807, 2.05) is 24.3 Å². The normalized spacial score (nSPS) is 11.0. The Kier molecular flexibility index (Phi) is 4.78. The molecule has 0 amide bonds. The van der Waals surface area contributed by atoms with Gasteiger partial charge in [-0.1, -0.05) is 51.5 Å². The molecule has 0 unspecified atom stereocenters. The Morgan fingerprint density at radius 2 is 1.95 bits per heavy atom. The molecule has 0 saturated heterocycles. The minimum Gasteiger partial charge on any atom is -0.478 e. The Bertz CT molecular complexity index is 612. The second kappa shape index (κ2) is 6.57. The number of hydrogen-bond donors (Lipinski definition) is 1. The standard InChI is InChI=1S/C17H22N2O2/c1-4-5-10-19-11-15(17(20)21)16(18-19)14-8-6-13(7-9-14)12(2)3/h6-9,11-12H,4-5,10H2,1-3H3,(H,20,21). The largest absolute Gasteiger partial charge is 0.478 e. The Hall–Kier alpha value is -2.10. The van der Waals surface area contributed by atoms with E-state index in [2.05, 4.69) is 25.9 Å². The summed E-state index contributed by atoms with van der Waals surface area (Å²) < 4.78 is 1.73. The summed E-state index contributed by atoms with van der Waals surface area (Å²) in [5.74, 6) is -0.471. The highest BCUT2D eigenvalue weighted by atomic mass is 16.4. The Morgan fingerprint density at radius 1 is 1.29 bits per heavy atom. The quantitative estimate of drug-likeness (QED) is 0.867. The zero-order valence-electron chi connectivity index (χ0n) is 12.8. The van der Waals surface area contributed by atoms with Crippen LogP contribution >= 0.6 is 0 Å². The SMILES string of the molecule is CCCCn1cc(C(=O)O)c(-c2ccc(C(C)C)cc2)n1. The van der Waals surface area contributed by atoms with Crippen molar-refractivity contribution in [1.29, 1.82) is 0 Å². The summed E-state index contributed by atoms with van der Waals surface area (Å²) in [5.41, 5.74) is 2.91. The summed E-state index contributed by atoms with van der Waals surface area (Å²) in [6.07, 6.45) is 3.68. The fourth-order valence-electron chi connectivity index (χ4n) is 2.25. The fourth-order valence-corrected chi connectivity index (χ4v) is 2.25. The van der Waals surface area contributed by atoms with E-state index in [9.17, 15) is 9.90 Å². The lowest BCUT2D eigenvalue weighted by molar-refractivity contribution is 0.0697. The number of aromatic carboxylic acids is 1. The molecule has 0 saturated carbocycles. The van der Waals surface area contributed by atoms with E-state index in [0.29, 0.717) is 11.6 Å². The minimum atomic E-state index is -0.930. The molecule has 0 atom stereocenters. The Balaban J connectivity index is 2.36.